The quantitative estimate of drug-likeness (QED) is 0.340. The number of hydrogen-bond acceptors (Lipinski definition) is 2. The summed E-state index contributed by atoms with van der Waals surface area (Å²) >= 11 is 0. The first kappa shape index (κ1) is 15.8. The highest BCUT2D eigenvalue weighted by Gasteiger charge is 2.37. The maximum atomic E-state index is 12.7. The zero-order valence-corrected chi connectivity index (χ0v) is 9.60. The van der Waals surface area contributed by atoms with Crippen molar-refractivity contribution in [2.75, 3.05) is 0 Å². The van der Waals surface area contributed by atoms with E-state index in [9.17, 15) is 26.3 Å². The lowest BCUT2D eigenvalue weighted by molar-refractivity contribution is -0.143. The van der Waals surface area contributed by atoms with Gasteiger partial charge in [-0.25, -0.2) is 5.43 Å². The van der Waals surface area contributed by atoms with Gasteiger partial charge < -0.3 is 5.73 Å². The summed E-state index contributed by atoms with van der Waals surface area (Å²) in [6.07, 6.45) is -9.23. The van der Waals surface area contributed by atoms with Crippen molar-refractivity contribution < 1.29 is 26.3 Å². The van der Waals surface area contributed by atoms with Crippen molar-refractivity contribution >= 4 is 12.2 Å². The molecule has 20 heavy (non-hydrogen) atoms. The number of rotatable bonds is 2. The van der Waals surface area contributed by atoms with Gasteiger partial charge in [-0.15, -0.1) is 0 Å². The van der Waals surface area contributed by atoms with Crippen LogP contribution in [0.4, 0.5) is 26.3 Å². The second-order valence-corrected chi connectivity index (χ2v) is 3.58. The van der Waals surface area contributed by atoms with Crippen LogP contribution in [0.15, 0.2) is 23.3 Å². The fraction of sp³-hybridized carbons (Fsp3) is 0.200. The molecule has 1 aromatic carbocycles. The molecule has 0 aliphatic heterocycles. The molecule has 1 rings (SSSR count). The van der Waals surface area contributed by atoms with Crippen LogP contribution in [0.5, 0.6) is 0 Å². The van der Waals surface area contributed by atoms with Crippen LogP contribution in [0.2, 0.25) is 0 Å². The average Bonchev–Trinajstić information content (AvgIpc) is 2.25. The van der Waals surface area contributed by atoms with Gasteiger partial charge in [-0.1, -0.05) is 6.07 Å². The molecule has 0 fully saturated rings. The van der Waals surface area contributed by atoms with Crippen molar-refractivity contribution in [3.8, 4) is 0 Å². The largest absolute Gasteiger partial charge is 0.417 e. The molecule has 110 valence electrons. The Balaban J connectivity index is 3.25. The van der Waals surface area contributed by atoms with Crippen LogP contribution in [0.1, 0.15) is 16.7 Å². The summed E-state index contributed by atoms with van der Waals surface area (Å²) in [5, 5.41) is 9.94. The van der Waals surface area contributed by atoms with E-state index in [4.69, 9.17) is 11.1 Å². The van der Waals surface area contributed by atoms with Gasteiger partial charge in [0.15, 0.2) is 0 Å². The number of benzene rings is 1. The van der Waals surface area contributed by atoms with E-state index in [2.05, 4.69) is 5.10 Å². The van der Waals surface area contributed by atoms with E-state index in [0.29, 0.717) is 18.3 Å². The summed E-state index contributed by atoms with van der Waals surface area (Å²) in [5.41, 5.74) is 3.22. The van der Waals surface area contributed by atoms with E-state index in [1.165, 1.54) is 0 Å². The fourth-order valence-electron chi connectivity index (χ4n) is 1.26. The van der Waals surface area contributed by atoms with Crippen LogP contribution < -0.4 is 11.2 Å². The number of nitrogens with two attached hydrogens (primary N) is 1. The van der Waals surface area contributed by atoms with Crippen molar-refractivity contribution in [2.24, 2.45) is 10.8 Å². The summed E-state index contributed by atoms with van der Waals surface area (Å²) in [4.78, 5) is 0. The predicted octanol–water partition coefficient (Wildman–Crippen LogP) is 2.54. The lowest BCUT2D eigenvalue weighted by Crippen LogP contribution is -2.25. The highest BCUT2D eigenvalue weighted by atomic mass is 19.4. The Hall–Kier alpha value is -2.26. The van der Waals surface area contributed by atoms with Crippen LogP contribution >= 0.6 is 0 Å². The van der Waals surface area contributed by atoms with Crippen LogP contribution in [0.25, 0.3) is 0 Å². The molecular weight excluding hydrogens is 290 g/mol. The first-order valence-corrected chi connectivity index (χ1v) is 4.93. The molecule has 0 aliphatic rings. The lowest BCUT2D eigenvalue weighted by atomic mass is 10.0. The smallest absolute Gasteiger partial charge is 0.369 e. The van der Waals surface area contributed by atoms with Crippen LogP contribution in [-0.4, -0.2) is 12.2 Å². The molecule has 0 saturated heterocycles. The highest BCUT2D eigenvalue weighted by Crippen LogP contribution is 2.36. The third-order valence-corrected chi connectivity index (χ3v) is 2.07. The first-order chi connectivity index (χ1) is 9.01. The van der Waals surface area contributed by atoms with Gasteiger partial charge in [0.25, 0.3) is 0 Å². The normalized spacial score (nSPS) is 12.7. The molecule has 4 nitrogen and oxygen atoms in total. The number of nitrogens with one attached hydrogen (secondary N) is 2. The lowest BCUT2D eigenvalue weighted by Gasteiger charge is -2.13. The van der Waals surface area contributed by atoms with Crippen LogP contribution in [-0.2, 0) is 12.4 Å². The summed E-state index contributed by atoms with van der Waals surface area (Å²) in [6.45, 7) is 0. The third kappa shape index (κ3) is 4.14. The van der Waals surface area contributed by atoms with Gasteiger partial charge in [-0.05, 0) is 12.1 Å². The zero-order valence-electron chi connectivity index (χ0n) is 9.60. The monoisotopic (exact) mass is 298 g/mol. The molecule has 1 aromatic rings. The minimum Gasteiger partial charge on any atom is -0.369 e. The van der Waals surface area contributed by atoms with Gasteiger partial charge in [-0.2, -0.15) is 31.4 Å². The van der Waals surface area contributed by atoms with Crippen LogP contribution in [0.3, 0.4) is 0 Å². The Morgan fingerprint density at radius 1 is 1.15 bits per heavy atom. The molecule has 4 N–H and O–H groups in total. The molecule has 10 heteroatoms. The van der Waals surface area contributed by atoms with Crippen molar-refractivity contribution in [3.63, 3.8) is 0 Å². The predicted molar refractivity (Wildman–Crippen MR) is 59.1 cm³/mol. The van der Waals surface area contributed by atoms with Crippen molar-refractivity contribution in [2.45, 2.75) is 12.4 Å². The van der Waals surface area contributed by atoms with E-state index < -0.39 is 35.0 Å². The summed E-state index contributed by atoms with van der Waals surface area (Å²) < 4.78 is 75.2. The topological polar surface area (TPSA) is 74.3 Å². The van der Waals surface area contributed by atoms with E-state index in [-0.39, 0.29) is 6.07 Å². The second kappa shape index (κ2) is 5.39. The molecule has 0 unspecified atom stereocenters. The molecular formula is C10H8F6N4. The summed E-state index contributed by atoms with van der Waals surface area (Å²) in [6, 6.07) is 1.14. The van der Waals surface area contributed by atoms with Gasteiger partial charge in [0, 0.05) is 5.56 Å². The molecule has 0 spiro atoms. The second-order valence-electron chi connectivity index (χ2n) is 3.58. The molecule has 0 amide bonds. The summed E-state index contributed by atoms with van der Waals surface area (Å²) in [7, 11) is 0. The molecule has 0 heterocycles. The highest BCUT2D eigenvalue weighted by molar-refractivity contribution is 5.84. The number of hydrazone groups is 1. The van der Waals surface area contributed by atoms with Gasteiger partial charge in [0.1, 0.15) is 0 Å². The van der Waals surface area contributed by atoms with Gasteiger partial charge >= 0.3 is 12.4 Å². The van der Waals surface area contributed by atoms with E-state index in [0.717, 1.165) is 0 Å². The first-order valence-electron chi connectivity index (χ1n) is 4.93. The van der Waals surface area contributed by atoms with Crippen molar-refractivity contribution in [1.29, 1.82) is 5.41 Å². The minimum atomic E-state index is -4.97. The molecule has 0 bridgehead atoms. The average molecular weight is 298 g/mol. The number of hydrogen-bond donors (Lipinski definition) is 3. The number of halogens is 6. The van der Waals surface area contributed by atoms with Crippen LogP contribution in [0, 0.1) is 5.41 Å². The maximum absolute atomic E-state index is 12.7. The number of alkyl halides is 6. The molecule has 0 saturated carbocycles. The van der Waals surface area contributed by atoms with E-state index >= 15 is 0 Å². The summed E-state index contributed by atoms with van der Waals surface area (Å²) in [5.74, 6) is -0.623. The Labute approximate surface area is 108 Å². The SMILES string of the molecule is N=C(N)NN=Cc1ccc(C(F)(F)F)cc1C(F)(F)F. The number of guanidine groups is 1. The third-order valence-electron chi connectivity index (χ3n) is 2.07. The fourth-order valence-corrected chi connectivity index (χ4v) is 1.26. The minimum absolute atomic E-state index is 0.00484. The van der Waals surface area contributed by atoms with Gasteiger partial charge in [-0.3, -0.25) is 5.41 Å². The van der Waals surface area contributed by atoms with E-state index in [1.54, 1.807) is 0 Å². The van der Waals surface area contributed by atoms with Crippen molar-refractivity contribution in [3.05, 3.63) is 34.9 Å². The Morgan fingerprint density at radius 2 is 1.75 bits per heavy atom. The molecule has 0 aliphatic carbocycles. The van der Waals surface area contributed by atoms with Gasteiger partial charge in [0.2, 0.25) is 5.96 Å². The molecule has 0 radical (unpaired) electrons. The van der Waals surface area contributed by atoms with E-state index in [1.807, 2.05) is 5.43 Å². The Kier molecular flexibility index (Phi) is 4.26. The Bertz CT molecular complexity index is 532. The van der Waals surface area contributed by atoms with Gasteiger partial charge in [0.05, 0.1) is 17.3 Å². The standard InChI is InChI=1S/C10H8F6N4/c11-9(12,13)6-2-1-5(4-19-20-8(17)18)7(3-6)10(14,15)16/h1-4H,(H4,17,18,20). The number of nitrogens with zero attached hydrogens (tertiary/aromatic N) is 1. The Morgan fingerprint density at radius 3 is 2.20 bits per heavy atom. The maximum Gasteiger partial charge on any atom is 0.417 e. The molecule has 0 atom stereocenters. The molecule has 0 aromatic heterocycles. The zero-order chi connectivity index (χ0) is 15.6. The van der Waals surface area contributed by atoms with Crippen molar-refractivity contribution in [1.82, 2.24) is 5.43 Å².